The van der Waals surface area contributed by atoms with Crippen LogP contribution in [0.1, 0.15) is 12.8 Å². The molecule has 0 saturated heterocycles. The minimum atomic E-state index is 0.357. The molecule has 84 valence electrons. The highest BCUT2D eigenvalue weighted by Gasteiger charge is 2.30. The normalized spacial score (nSPS) is 24.4. The third kappa shape index (κ3) is 1.38. The molecule has 0 radical (unpaired) electrons. The van der Waals surface area contributed by atoms with Crippen LogP contribution in [0.15, 0.2) is 29.0 Å². The van der Waals surface area contributed by atoms with Gasteiger partial charge in [-0.15, -0.1) is 0 Å². The van der Waals surface area contributed by atoms with E-state index in [1.165, 1.54) is 0 Å². The van der Waals surface area contributed by atoms with Crippen molar-refractivity contribution in [1.29, 1.82) is 0 Å². The third-order valence-electron chi connectivity index (χ3n) is 3.39. The summed E-state index contributed by atoms with van der Waals surface area (Å²) in [6, 6.07) is 4.73. The van der Waals surface area contributed by atoms with Crippen LogP contribution in [0.4, 0.5) is 5.82 Å². The van der Waals surface area contributed by atoms with Crippen molar-refractivity contribution in [3.63, 3.8) is 0 Å². The van der Waals surface area contributed by atoms with Gasteiger partial charge in [-0.25, -0.2) is 4.98 Å². The van der Waals surface area contributed by atoms with Gasteiger partial charge in [-0.1, -0.05) is 0 Å². The molecule has 3 rings (SSSR count). The SMILES string of the molecule is CN(c1nccc2occc12)C1CC(N)C1. The molecule has 0 aromatic carbocycles. The van der Waals surface area contributed by atoms with Crippen LogP contribution in [0.25, 0.3) is 11.0 Å². The molecule has 0 atom stereocenters. The maximum absolute atomic E-state index is 5.81. The summed E-state index contributed by atoms with van der Waals surface area (Å²) in [7, 11) is 2.07. The lowest BCUT2D eigenvalue weighted by atomic mass is 9.86. The molecule has 4 heteroatoms. The Morgan fingerprint density at radius 2 is 2.25 bits per heavy atom. The number of anilines is 1. The minimum Gasteiger partial charge on any atom is -0.464 e. The molecule has 0 aliphatic heterocycles. The van der Waals surface area contributed by atoms with Crippen LogP contribution in [0, 0.1) is 0 Å². The maximum atomic E-state index is 5.81. The Hall–Kier alpha value is -1.55. The summed E-state index contributed by atoms with van der Waals surface area (Å²) in [6.07, 6.45) is 5.59. The van der Waals surface area contributed by atoms with Crippen LogP contribution < -0.4 is 10.6 Å². The van der Waals surface area contributed by atoms with E-state index >= 15 is 0 Å². The summed E-state index contributed by atoms with van der Waals surface area (Å²) in [5.74, 6) is 0.989. The van der Waals surface area contributed by atoms with Crippen LogP contribution in [-0.4, -0.2) is 24.1 Å². The number of aromatic nitrogens is 1. The molecule has 1 saturated carbocycles. The van der Waals surface area contributed by atoms with Crippen molar-refractivity contribution >= 4 is 16.8 Å². The Bertz CT molecular complexity index is 502. The maximum Gasteiger partial charge on any atom is 0.139 e. The van der Waals surface area contributed by atoms with Gasteiger partial charge in [0.15, 0.2) is 0 Å². The standard InChI is InChI=1S/C12H15N3O/c1-15(9-6-8(13)7-9)12-10-3-5-16-11(10)2-4-14-12/h2-5,8-9H,6-7,13H2,1H3. The van der Waals surface area contributed by atoms with Crippen LogP contribution in [0.5, 0.6) is 0 Å². The Kier molecular flexibility index (Phi) is 2.11. The minimum absolute atomic E-state index is 0.357. The van der Waals surface area contributed by atoms with Crippen molar-refractivity contribution in [2.45, 2.75) is 24.9 Å². The molecule has 0 amide bonds. The van der Waals surface area contributed by atoms with Gasteiger partial charge < -0.3 is 15.1 Å². The second-order valence-corrected chi connectivity index (χ2v) is 4.46. The summed E-state index contributed by atoms with van der Waals surface area (Å²) >= 11 is 0. The number of rotatable bonds is 2. The number of nitrogens with two attached hydrogens (primary N) is 1. The molecule has 4 nitrogen and oxygen atoms in total. The highest BCUT2D eigenvalue weighted by molar-refractivity contribution is 5.88. The van der Waals surface area contributed by atoms with E-state index in [2.05, 4.69) is 16.9 Å². The molecule has 1 aliphatic rings. The van der Waals surface area contributed by atoms with Gasteiger partial charge in [-0.3, -0.25) is 0 Å². The lowest BCUT2D eigenvalue weighted by molar-refractivity contribution is 0.339. The first-order valence-corrected chi connectivity index (χ1v) is 5.56. The zero-order chi connectivity index (χ0) is 11.1. The topological polar surface area (TPSA) is 55.3 Å². The lowest BCUT2D eigenvalue weighted by Gasteiger charge is -2.40. The predicted molar refractivity (Wildman–Crippen MR) is 63.4 cm³/mol. The van der Waals surface area contributed by atoms with E-state index in [4.69, 9.17) is 10.2 Å². The third-order valence-corrected chi connectivity index (χ3v) is 3.39. The van der Waals surface area contributed by atoms with E-state index in [-0.39, 0.29) is 0 Å². The van der Waals surface area contributed by atoms with Gasteiger partial charge in [0.2, 0.25) is 0 Å². The molecular weight excluding hydrogens is 202 g/mol. The first-order valence-electron chi connectivity index (χ1n) is 5.56. The van der Waals surface area contributed by atoms with Gasteiger partial charge in [0.25, 0.3) is 0 Å². The largest absolute Gasteiger partial charge is 0.464 e. The molecule has 16 heavy (non-hydrogen) atoms. The van der Waals surface area contributed by atoms with Crippen molar-refractivity contribution in [2.75, 3.05) is 11.9 Å². The fourth-order valence-corrected chi connectivity index (χ4v) is 2.28. The van der Waals surface area contributed by atoms with E-state index in [9.17, 15) is 0 Å². The van der Waals surface area contributed by atoms with Crippen molar-refractivity contribution in [1.82, 2.24) is 4.98 Å². The summed E-state index contributed by atoms with van der Waals surface area (Å²) in [5.41, 5.74) is 6.70. The molecule has 1 fully saturated rings. The first kappa shape index (κ1) is 9.66. The van der Waals surface area contributed by atoms with Crippen molar-refractivity contribution in [2.24, 2.45) is 5.73 Å². The van der Waals surface area contributed by atoms with E-state index in [0.29, 0.717) is 12.1 Å². The second kappa shape index (κ2) is 3.49. The second-order valence-electron chi connectivity index (χ2n) is 4.46. The summed E-state index contributed by atoms with van der Waals surface area (Å²) in [5, 5.41) is 1.07. The van der Waals surface area contributed by atoms with Crippen LogP contribution in [0.2, 0.25) is 0 Å². The van der Waals surface area contributed by atoms with Crippen LogP contribution in [-0.2, 0) is 0 Å². The monoisotopic (exact) mass is 217 g/mol. The molecule has 2 aromatic heterocycles. The number of fused-ring (bicyclic) bond motifs is 1. The van der Waals surface area contributed by atoms with E-state index in [1.807, 2.05) is 12.1 Å². The molecule has 2 N–H and O–H groups in total. The predicted octanol–water partition coefficient (Wildman–Crippen LogP) is 1.75. The van der Waals surface area contributed by atoms with Gasteiger partial charge >= 0.3 is 0 Å². The fraction of sp³-hybridized carbons (Fsp3) is 0.417. The molecule has 2 aromatic rings. The molecule has 1 aliphatic carbocycles. The van der Waals surface area contributed by atoms with Crippen molar-refractivity contribution in [3.05, 3.63) is 24.6 Å². The number of furan rings is 1. The number of nitrogens with zero attached hydrogens (tertiary/aromatic N) is 2. The van der Waals surface area contributed by atoms with E-state index in [1.54, 1.807) is 12.5 Å². The molecule has 2 heterocycles. The lowest BCUT2D eigenvalue weighted by Crippen LogP contribution is -2.49. The Balaban J connectivity index is 1.95. The summed E-state index contributed by atoms with van der Waals surface area (Å²) < 4.78 is 5.37. The number of pyridine rings is 1. The average molecular weight is 217 g/mol. The summed E-state index contributed by atoms with van der Waals surface area (Å²) in [4.78, 5) is 6.64. The molecule has 0 bridgehead atoms. The van der Waals surface area contributed by atoms with E-state index < -0.39 is 0 Å². The zero-order valence-electron chi connectivity index (χ0n) is 9.26. The number of hydrogen-bond acceptors (Lipinski definition) is 4. The fourth-order valence-electron chi connectivity index (χ4n) is 2.28. The Labute approximate surface area is 94.0 Å². The zero-order valence-corrected chi connectivity index (χ0v) is 9.26. The molecule has 0 spiro atoms. The van der Waals surface area contributed by atoms with E-state index in [0.717, 1.165) is 29.6 Å². The first-order chi connectivity index (χ1) is 7.75. The highest BCUT2D eigenvalue weighted by atomic mass is 16.3. The summed E-state index contributed by atoms with van der Waals surface area (Å²) in [6.45, 7) is 0. The van der Waals surface area contributed by atoms with Gasteiger partial charge in [0.1, 0.15) is 11.4 Å². The van der Waals surface area contributed by atoms with Crippen molar-refractivity contribution < 1.29 is 4.42 Å². The van der Waals surface area contributed by atoms with Gasteiger partial charge in [-0.05, 0) is 25.0 Å². The number of hydrogen-bond donors (Lipinski definition) is 1. The Morgan fingerprint density at radius 1 is 1.44 bits per heavy atom. The quantitative estimate of drug-likeness (QED) is 0.832. The van der Waals surface area contributed by atoms with Gasteiger partial charge in [0, 0.05) is 25.3 Å². The molecule has 0 unspecified atom stereocenters. The molecular formula is C12H15N3O. The van der Waals surface area contributed by atoms with Crippen LogP contribution >= 0.6 is 0 Å². The van der Waals surface area contributed by atoms with Crippen LogP contribution in [0.3, 0.4) is 0 Å². The highest BCUT2D eigenvalue weighted by Crippen LogP contribution is 2.31. The average Bonchev–Trinajstić information content (AvgIpc) is 2.71. The van der Waals surface area contributed by atoms with Gasteiger partial charge in [0.05, 0.1) is 11.6 Å². The Morgan fingerprint density at radius 3 is 3.00 bits per heavy atom. The smallest absolute Gasteiger partial charge is 0.139 e. The van der Waals surface area contributed by atoms with Crippen molar-refractivity contribution in [3.8, 4) is 0 Å². The van der Waals surface area contributed by atoms with Gasteiger partial charge in [-0.2, -0.15) is 0 Å².